The molecule has 88 heavy (non-hydrogen) atoms. The summed E-state index contributed by atoms with van der Waals surface area (Å²) in [5, 5.41) is 57.1. The van der Waals surface area contributed by atoms with Gasteiger partial charge in [0.1, 0.15) is 24.4 Å². The number of unbranched alkanes of at least 4 members (excludes halogenated alkanes) is 19. The Morgan fingerprint density at radius 2 is 0.818 bits per heavy atom. The minimum absolute atomic E-state index is 0.0979. The van der Waals surface area contributed by atoms with Gasteiger partial charge in [0, 0.05) is 6.42 Å². The fourth-order valence-corrected chi connectivity index (χ4v) is 9.78. The van der Waals surface area contributed by atoms with Gasteiger partial charge in [0.05, 0.1) is 25.4 Å². The second kappa shape index (κ2) is 62.5. The molecule has 0 aromatic carbocycles. The maximum absolute atomic E-state index is 13.5. The summed E-state index contributed by atoms with van der Waals surface area (Å²) in [5.74, 6) is -1.26. The molecule has 0 aromatic rings. The first-order chi connectivity index (χ1) is 43.2. The largest absolute Gasteiger partial charge is 0.454 e. The third kappa shape index (κ3) is 49.1. The topological polar surface area (TPSA) is 175 Å². The zero-order valence-corrected chi connectivity index (χ0v) is 55.3. The molecule has 8 atom stereocenters. The Hall–Kier alpha value is -4.72. The molecule has 1 heterocycles. The van der Waals surface area contributed by atoms with Crippen LogP contribution < -0.4 is 5.32 Å². The summed E-state index contributed by atoms with van der Waals surface area (Å²) in [5.41, 5.74) is 0. The van der Waals surface area contributed by atoms with Crippen molar-refractivity contribution in [2.75, 3.05) is 13.2 Å². The lowest BCUT2D eigenvalue weighted by molar-refractivity contribution is -0.305. The lowest BCUT2D eigenvalue weighted by Gasteiger charge is -2.41. The Morgan fingerprint density at radius 1 is 0.455 bits per heavy atom. The number of nitrogens with one attached hydrogen (secondary N) is 1. The van der Waals surface area contributed by atoms with Gasteiger partial charge in [-0.3, -0.25) is 9.59 Å². The quantitative estimate of drug-likeness (QED) is 0.0195. The molecule has 0 spiro atoms. The average Bonchev–Trinajstić information content (AvgIpc) is 1.29. The fourth-order valence-electron chi connectivity index (χ4n) is 9.78. The van der Waals surface area contributed by atoms with E-state index in [0.29, 0.717) is 19.3 Å². The average molecular weight is 1220 g/mol. The van der Waals surface area contributed by atoms with E-state index in [1.165, 1.54) is 64.2 Å². The number of carbonyl (C=O) groups is 2. The van der Waals surface area contributed by atoms with E-state index < -0.39 is 67.4 Å². The van der Waals surface area contributed by atoms with Crippen LogP contribution in [0.3, 0.4) is 0 Å². The number of carbonyl (C=O) groups excluding carboxylic acids is 2. The van der Waals surface area contributed by atoms with Crippen molar-refractivity contribution >= 4 is 11.9 Å². The summed E-state index contributed by atoms with van der Waals surface area (Å²) in [7, 11) is 0. The van der Waals surface area contributed by atoms with E-state index in [-0.39, 0.29) is 19.4 Å². The maximum atomic E-state index is 13.5. The van der Waals surface area contributed by atoms with Crippen molar-refractivity contribution in [2.45, 2.75) is 301 Å². The summed E-state index contributed by atoms with van der Waals surface area (Å²) in [4.78, 5) is 26.7. The molecule has 0 bridgehead atoms. The third-order valence-corrected chi connectivity index (χ3v) is 15.2. The molecule has 11 nitrogen and oxygen atoms in total. The van der Waals surface area contributed by atoms with E-state index in [9.17, 15) is 35.1 Å². The molecule has 0 aromatic heterocycles. The van der Waals surface area contributed by atoms with Gasteiger partial charge in [0.2, 0.25) is 5.91 Å². The highest BCUT2D eigenvalue weighted by atomic mass is 16.7. The predicted octanol–water partition coefficient (Wildman–Crippen LogP) is 17.9. The molecule has 1 aliphatic rings. The summed E-state index contributed by atoms with van der Waals surface area (Å²) in [6, 6.07) is -1.06. The van der Waals surface area contributed by atoms with Crippen LogP contribution in [0.25, 0.3) is 0 Å². The number of aliphatic hydroxyl groups is 5. The number of aliphatic hydroxyl groups excluding tert-OH is 5. The second-order valence-electron chi connectivity index (χ2n) is 23.1. The lowest BCUT2D eigenvalue weighted by Crippen LogP contribution is -2.61. The van der Waals surface area contributed by atoms with Gasteiger partial charge in [0.25, 0.3) is 0 Å². The zero-order valence-electron chi connectivity index (χ0n) is 55.3. The number of esters is 1. The van der Waals surface area contributed by atoms with Crippen molar-refractivity contribution in [3.05, 3.63) is 158 Å². The first kappa shape index (κ1) is 81.3. The Kier molecular flexibility index (Phi) is 57.7. The van der Waals surface area contributed by atoms with Gasteiger partial charge >= 0.3 is 5.97 Å². The third-order valence-electron chi connectivity index (χ3n) is 15.2. The Balaban J connectivity index is 2.63. The molecule has 1 saturated heterocycles. The molecule has 1 rings (SSSR count). The van der Waals surface area contributed by atoms with Crippen molar-refractivity contribution in [3.8, 4) is 0 Å². The highest BCUT2D eigenvalue weighted by Gasteiger charge is 2.47. The van der Waals surface area contributed by atoms with Crippen LogP contribution in [0, 0.1) is 0 Å². The zero-order chi connectivity index (χ0) is 63.9. The highest BCUT2D eigenvalue weighted by molar-refractivity contribution is 5.80. The smallest absolute Gasteiger partial charge is 0.306 e. The second-order valence-corrected chi connectivity index (χ2v) is 23.1. The van der Waals surface area contributed by atoms with E-state index in [0.717, 1.165) is 135 Å². The van der Waals surface area contributed by atoms with Gasteiger partial charge in [0.15, 0.2) is 12.4 Å². The van der Waals surface area contributed by atoms with Crippen LogP contribution in [0.15, 0.2) is 158 Å². The van der Waals surface area contributed by atoms with Crippen molar-refractivity contribution in [1.82, 2.24) is 5.32 Å². The predicted molar refractivity (Wildman–Crippen MR) is 370 cm³/mol. The minimum Gasteiger partial charge on any atom is -0.454 e. The fraction of sp³-hybridized carbons (Fsp3) is 0.636. The number of allylic oxidation sites excluding steroid dienone is 25. The normalized spacial score (nSPS) is 19.2. The van der Waals surface area contributed by atoms with Crippen molar-refractivity contribution in [2.24, 2.45) is 0 Å². The van der Waals surface area contributed by atoms with Gasteiger partial charge in [-0.15, -0.1) is 0 Å². The Labute approximate surface area is 536 Å². The summed E-state index contributed by atoms with van der Waals surface area (Å²) >= 11 is 0. The van der Waals surface area contributed by atoms with Gasteiger partial charge in [-0.25, -0.2) is 0 Å². The maximum Gasteiger partial charge on any atom is 0.306 e. The number of amides is 1. The van der Waals surface area contributed by atoms with E-state index >= 15 is 0 Å². The summed E-state index contributed by atoms with van der Waals surface area (Å²) in [6.07, 6.45) is 81.3. The SMILES string of the molecule is CC/C=C\C/C=C\C/C=C\C/C=C\C/C=C\C/C=C\CCCCCCCCCCC(=O)OC1C(OCC(NC(=O)C(O)CCC/C=C\C/C=C\C/C=C\C/C=C\C/C=C\C/C=C\CC)C(O)/C=C/CCCCCCCCCCCC)OC(CO)C(O)C1O. The van der Waals surface area contributed by atoms with Crippen LogP contribution in [0.5, 0.6) is 0 Å². The van der Waals surface area contributed by atoms with Crippen LogP contribution in [0.1, 0.15) is 252 Å². The van der Waals surface area contributed by atoms with E-state index in [4.69, 9.17) is 14.2 Å². The van der Waals surface area contributed by atoms with Gasteiger partial charge in [-0.05, 0) is 128 Å². The first-order valence-corrected chi connectivity index (χ1v) is 34.8. The molecule has 8 unspecified atom stereocenters. The minimum atomic E-state index is -1.64. The molecule has 1 fully saturated rings. The molecule has 0 aliphatic carbocycles. The molecule has 6 N–H and O–H groups in total. The van der Waals surface area contributed by atoms with Gasteiger partial charge in [-0.2, -0.15) is 0 Å². The molecule has 1 amide bonds. The molecule has 0 saturated carbocycles. The van der Waals surface area contributed by atoms with E-state index in [2.05, 4.69) is 166 Å². The molecule has 11 heteroatoms. The number of ether oxygens (including phenoxy) is 3. The monoisotopic (exact) mass is 1220 g/mol. The van der Waals surface area contributed by atoms with Crippen molar-refractivity contribution < 1.29 is 49.3 Å². The summed E-state index contributed by atoms with van der Waals surface area (Å²) in [6.45, 7) is 5.53. The molecule has 0 radical (unpaired) electrons. The summed E-state index contributed by atoms with van der Waals surface area (Å²) < 4.78 is 17.7. The number of hydrogen-bond donors (Lipinski definition) is 6. The standard InChI is InChI=1S/C77H125NO10/c1-4-7-10-13-16-19-22-25-27-29-31-33-34-35-36-37-38-39-41-43-45-47-50-53-56-59-62-65-72(82)88-75-74(84)73(83)71(66-79)87-77(75)86-67-68(69(80)63-60-57-54-51-48-24-21-18-15-12-9-6-3)78-76(85)70(81)64-61-58-55-52-49-46-44-42-40-32-30-28-26-23-20-17-14-11-8-5-2/h7-8,10-11,16-17,19-20,25-28,31-33,35-36,38-40,44,46,52,55,60,63,68-71,73-75,77,79-81,83-84H,4-6,9,12-15,18,21-24,29-30,34,37,41-43,45,47-51,53-54,56-59,61-62,64-67H2,1-3H3,(H,78,85)/b10-7-,11-8-,19-16-,20-17-,27-25-,28-26-,33-31-,36-35-,39-38-,40-32-,46-44-,55-52-,63-60+. The van der Waals surface area contributed by atoms with Gasteiger partial charge < -0.3 is 45.1 Å². The van der Waals surface area contributed by atoms with Crippen LogP contribution in [0.4, 0.5) is 0 Å². The van der Waals surface area contributed by atoms with Gasteiger partial charge in [-0.1, -0.05) is 275 Å². The number of hydrogen-bond acceptors (Lipinski definition) is 10. The van der Waals surface area contributed by atoms with Crippen LogP contribution >= 0.6 is 0 Å². The number of rotatable bonds is 57. The van der Waals surface area contributed by atoms with E-state index in [1.807, 2.05) is 12.2 Å². The van der Waals surface area contributed by atoms with Crippen LogP contribution in [-0.2, 0) is 23.8 Å². The Bertz CT molecular complexity index is 2040. The molecular weight excluding hydrogens is 1100 g/mol. The lowest BCUT2D eigenvalue weighted by atomic mass is 9.99. The molecule has 498 valence electrons. The van der Waals surface area contributed by atoms with Crippen LogP contribution in [-0.4, -0.2) is 99.6 Å². The van der Waals surface area contributed by atoms with E-state index in [1.54, 1.807) is 6.08 Å². The van der Waals surface area contributed by atoms with Crippen molar-refractivity contribution in [1.29, 1.82) is 0 Å². The molecular formula is C77H125NO10. The van der Waals surface area contributed by atoms with Crippen LogP contribution in [0.2, 0.25) is 0 Å². The first-order valence-electron chi connectivity index (χ1n) is 34.8. The Morgan fingerprint density at radius 3 is 1.23 bits per heavy atom. The highest BCUT2D eigenvalue weighted by Crippen LogP contribution is 2.26. The van der Waals surface area contributed by atoms with Crippen molar-refractivity contribution in [3.63, 3.8) is 0 Å². The molecule has 1 aliphatic heterocycles.